The highest BCUT2D eigenvalue weighted by Crippen LogP contribution is 2.28. The summed E-state index contributed by atoms with van der Waals surface area (Å²) in [6, 6.07) is 2.03. The molecule has 0 aliphatic carbocycles. The number of hydrogen-bond donors (Lipinski definition) is 1. The SMILES string of the molecule is O=C1COCC2(CN(C(=O)N3CCC(Cc4cncc(Cl)c4)CC3)C2)N1. The van der Waals surface area contributed by atoms with E-state index >= 15 is 0 Å². The van der Waals surface area contributed by atoms with Crippen LogP contribution in [0.5, 0.6) is 0 Å². The molecular formula is C18H23ClN4O3. The number of carbonyl (C=O) groups excluding carboxylic acids is 2. The topological polar surface area (TPSA) is 74.8 Å². The predicted molar refractivity (Wildman–Crippen MR) is 95.9 cm³/mol. The Kier molecular flexibility index (Phi) is 4.75. The van der Waals surface area contributed by atoms with Gasteiger partial charge in [0.15, 0.2) is 0 Å². The number of likely N-dealkylation sites (tertiary alicyclic amines) is 2. The van der Waals surface area contributed by atoms with Crippen molar-refractivity contribution in [2.45, 2.75) is 24.8 Å². The number of hydrogen-bond acceptors (Lipinski definition) is 4. The van der Waals surface area contributed by atoms with Crippen LogP contribution < -0.4 is 5.32 Å². The molecule has 1 N–H and O–H groups in total. The highest BCUT2D eigenvalue weighted by atomic mass is 35.5. The average Bonchev–Trinajstić information content (AvgIpc) is 2.60. The van der Waals surface area contributed by atoms with Crippen molar-refractivity contribution in [3.05, 3.63) is 29.0 Å². The minimum absolute atomic E-state index is 0.0679. The monoisotopic (exact) mass is 378 g/mol. The van der Waals surface area contributed by atoms with Gasteiger partial charge in [-0.05, 0) is 36.8 Å². The molecule has 7 nitrogen and oxygen atoms in total. The number of nitrogens with one attached hydrogen (secondary N) is 1. The van der Waals surface area contributed by atoms with Gasteiger partial charge in [-0.25, -0.2) is 4.79 Å². The summed E-state index contributed by atoms with van der Waals surface area (Å²) in [5.41, 5.74) is 0.781. The van der Waals surface area contributed by atoms with Gasteiger partial charge in [0.1, 0.15) is 6.61 Å². The molecule has 0 bridgehead atoms. The lowest BCUT2D eigenvalue weighted by Crippen LogP contribution is -2.76. The summed E-state index contributed by atoms with van der Waals surface area (Å²) in [6.07, 6.45) is 6.43. The third kappa shape index (κ3) is 3.64. The van der Waals surface area contributed by atoms with Gasteiger partial charge in [-0.2, -0.15) is 0 Å². The molecule has 8 heteroatoms. The quantitative estimate of drug-likeness (QED) is 0.842. The zero-order valence-corrected chi connectivity index (χ0v) is 15.4. The van der Waals surface area contributed by atoms with Crippen LogP contribution in [0.15, 0.2) is 18.5 Å². The molecule has 140 valence electrons. The van der Waals surface area contributed by atoms with E-state index < -0.39 is 0 Å². The number of carbonyl (C=O) groups is 2. The van der Waals surface area contributed by atoms with E-state index in [1.54, 1.807) is 11.1 Å². The second-order valence-corrected chi connectivity index (χ2v) is 8.04. The molecule has 1 aromatic heterocycles. The molecule has 4 rings (SSSR count). The first kappa shape index (κ1) is 17.5. The Morgan fingerprint density at radius 3 is 2.77 bits per heavy atom. The van der Waals surface area contributed by atoms with Crippen LogP contribution in [0.4, 0.5) is 4.79 Å². The van der Waals surface area contributed by atoms with Crippen molar-refractivity contribution in [2.24, 2.45) is 5.92 Å². The van der Waals surface area contributed by atoms with E-state index in [1.165, 1.54) is 0 Å². The smallest absolute Gasteiger partial charge is 0.320 e. The third-order valence-corrected chi connectivity index (χ3v) is 5.65. The summed E-state index contributed by atoms with van der Waals surface area (Å²) in [7, 11) is 0. The maximum atomic E-state index is 12.7. The Morgan fingerprint density at radius 2 is 2.08 bits per heavy atom. The minimum Gasteiger partial charge on any atom is -0.369 e. The van der Waals surface area contributed by atoms with Crippen LogP contribution in [0.3, 0.4) is 0 Å². The molecule has 3 aliphatic rings. The molecule has 0 radical (unpaired) electrons. The molecule has 4 heterocycles. The number of halogens is 1. The van der Waals surface area contributed by atoms with Gasteiger partial charge in [-0.3, -0.25) is 9.78 Å². The van der Waals surface area contributed by atoms with Gasteiger partial charge >= 0.3 is 6.03 Å². The fraction of sp³-hybridized carbons (Fsp3) is 0.611. The van der Waals surface area contributed by atoms with Crippen molar-refractivity contribution < 1.29 is 14.3 Å². The standard InChI is InChI=1S/C18H23ClN4O3/c19-15-6-14(7-20-8-15)5-13-1-3-22(4-2-13)17(25)23-10-18(11-23)12-26-9-16(24)21-18/h6-8,13H,1-5,9-12H2,(H,21,24). The molecule has 3 fully saturated rings. The number of nitrogens with zero attached hydrogens (tertiary/aromatic N) is 3. The van der Waals surface area contributed by atoms with Gasteiger partial charge in [0, 0.05) is 38.6 Å². The summed E-state index contributed by atoms with van der Waals surface area (Å²) >= 11 is 6.00. The number of ether oxygens (including phenoxy) is 1. The normalized spacial score (nSPS) is 22.9. The Hall–Kier alpha value is -1.86. The van der Waals surface area contributed by atoms with Gasteiger partial charge in [0.2, 0.25) is 5.91 Å². The summed E-state index contributed by atoms with van der Waals surface area (Å²) in [4.78, 5) is 32.0. The van der Waals surface area contributed by atoms with E-state index in [0.29, 0.717) is 30.6 Å². The third-order valence-electron chi connectivity index (χ3n) is 5.44. The van der Waals surface area contributed by atoms with Crippen molar-refractivity contribution in [1.29, 1.82) is 0 Å². The van der Waals surface area contributed by atoms with E-state index in [-0.39, 0.29) is 24.1 Å². The second kappa shape index (κ2) is 7.04. The van der Waals surface area contributed by atoms with Crippen molar-refractivity contribution in [2.75, 3.05) is 39.4 Å². The Morgan fingerprint density at radius 1 is 1.31 bits per heavy atom. The predicted octanol–water partition coefficient (Wildman–Crippen LogP) is 1.31. The molecular weight excluding hydrogens is 356 g/mol. The lowest BCUT2D eigenvalue weighted by Gasteiger charge is -2.52. The van der Waals surface area contributed by atoms with Gasteiger partial charge in [0.25, 0.3) is 0 Å². The molecule has 26 heavy (non-hydrogen) atoms. The number of amides is 3. The summed E-state index contributed by atoms with van der Waals surface area (Å²) in [6.45, 7) is 3.20. The number of aromatic nitrogens is 1. The average molecular weight is 379 g/mol. The first-order valence-corrected chi connectivity index (χ1v) is 9.43. The molecule has 3 aliphatic heterocycles. The lowest BCUT2D eigenvalue weighted by atomic mass is 9.89. The molecule has 1 spiro atoms. The van der Waals surface area contributed by atoms with Crippen LogP contribution >= 0.6 is 11.6 Å². The molecule has 0 atom stereocenters. The molecule has 0 aromatic carbocycles. The molecule has 0 unspecified atom stereocenters. The lowest BCUT2D eigenvalue weighted by molar-refractivity contribution is -0.141. The van der Waals surface area contributed by atoms with Crippen molar-refractivity contribution >= 4 is 23.5 Å². The van der Waals surface area contributed by atoms with Gasteiger partial charge in [-0.1, -0.05) is 11.6 Å². The van der Waals surface area contributed by atoms with Crippen molar-refractivity contribution in [1.82, 2.24) is 20.1 Å². The van der Waals surface area contributed by atoms with Crippen molar-refractivity contribution in [3.63, 3.8) is 0 Å². The number of pyridine rings is 1. The second-order valence-electron chi connectivity index (χ2n) is 7.61. The summed E-state index contributed by atoms with van der Waals surface area (Å²) in [5, 5.41) is 3.63. The minimum atomic E-state index is -0.372. The van der Waals surface area contributed by atoms with E-state index in [1.807, 2.05) is 17.2 Å². The Bertz CT molecular complexity index is 699. The summed E-state index contributed by atoms with van der Waals surface area (Å²) < 4.78 is 5.31. The number of morpholine rings is 1. The zero-order valence-electron chi connectivity index (χ0n) is 14.6. The number of urea groups is 1. The first-order valence-electron chi connectivity index (χ1n) is 9.05. The highest BCUT2D eigenvalue weighted by Gasteiger charge is 2.49. The van der Waals surface area contributed by atoms with E-state index in [4.69, 9.17) is 16.3 Å². The largest absolute Gasteiger partial charge is 0.369 e. The Balaban J connectivity index is 1.25. The van der Waals surface area contributed by atoms with Crippen LogP contribution in [0, 0.1) is 5.92 Å². The highest BCUT2D eigenvalue weighted by molar-refractivity contribution is 6.30. The molecule has 3 amide bonds. The van der Waals surface area contributed by atoms with Gasteiger partial charge < -0.3 is 19.9 Å². The molecule has 0 saturated carbocycles. The van der Waals surface area contributed by atoms with Gasteiger partial charge in [0.05, 0.1) is 17.2 Å². The van der Waals surface area contributed by atoms with E-state index in [9.17, 15) is 9.59 Å². The fourth-order valence-electron chi connectivity index (χ4n) is 4.13. The van der Waals surface area contributed by atoms with E-state index in [2.05, 4.69) is 10.3 Å². The summed E-state index contributed by atoms with van der Waals surface area (Å²) in [5.74, 6) is 0.452. The van der Waals surface area contributed by atoms with Gasteiger partial charge in [-0.15, -0.1) is 0 Å². The fourth-order valence-corrected chi connectivity index (χ4v) is 4.32. The van der Waals surface area contributed by atoms with Crippen LogP contribution in [0.1, 0.15) is 18.4 Å². The first-order chi connectivity index (χ1) is 12.5. The maximum Gasteiger partial charge on any atom is 0.320 e. The zero-order chi connectivity index (χ0) is 18.1. The van der Waals surface area contributed by atoms with Crippen LogP contribution in [0.25, 0.3) is 0 Å². The van der Waals surface area contributed by atoms with Crippen LogP contribution in [-0.2, 0) is 16.0 Å². The van der Waals surface area contributed by atoms with Crippen molar-refractivity contribution in [3.8, 4) is 0 Å². The van der Waals surface area contributed by atoms with Crippen LogP contribution in [0.2, 0.25) is 5.02 Å². The number of rotatable bonds is 2. The Labute approximate surface area is 157 Å². The van der Waals surface area contributed by atoms with Crippen LogP contribution in [-0.4, -0.2) is 71.7 Å². The van der Waals surface area contributed by atoms with E-state index in [0.717, 1.165) is 37.9 Å². The number of piperidine rings is 1. The maximum absolute atomic E-state index is 12.7. The molecule has 3 saturated heterocycles. The molecule has 1 aromatic rings.